The third kappa shape index (κ3) is 2.24. The molecule has 8 heteroatoms. The second kappa shape index (κ2) is 4.37. The molecule has 2 aromatic heterocycles. The van der Waals surface area contributed by atoms with Crippen LogP contribution in [-0.2, 0) is 6.18 Å². The Hall–Kier alpha value is -2.77. The molecule has 2 heterocycles. The number of alkyl halides is 3. The number of rotatable bonds is 2. The van der Waals surface area contributed by atoms with Gasteiger partial charge in [0.15, 0.2) is 11.5 Å². The van der Waals surface area contributed by atoms with Crippen LogP contribution in [0.5, 0.6) is 0 Å². The number of benzene rings is 1. The summed E-state index contributed by atoms with van der Waals surface area (Å²) >= 11 is 0. The molecule has 0 unspecified atom stereocenters. The van der Waals surface area contributed by atoms with Crippen molar-refractivity contribution in [2.45, 2.75) is 6.18 Å². The fourth-order valence-corrected chi connectivity index (χ4v) is 1.90. The maximum Gasteiger partial charge on any atom is 0.420 e. The molecule has 0 aliphatic heterocycles. The van der Waals surface area contributed by atoms with E-state index in [1.54, 1.807) is 0 Å². The number of hydrogen-bond donors (Lipinski definition) is 1. The van der Waals surface area contributed by atoms with Crippen LogP contribution in [0.3, 0.4) is 0 Å². The fourth-order valence-electron chi connectivity index (χ4n) is 1.90. The van der Waals surface area contributed by atoms with E-state index in [0.29, 0.717) is 0 Å². The average molecular weight is 297 g/mol. The van der Waals surface area contributed by atoms with Crippen LogP contribution in [0, 0.1) is 0 Å². The van der Waals surface area contributed by atoms with Gasteiger partial charge in [0.05, 0.1) is 5.56 Å². The zero-order chi connectivity index (χ0) is 15.2. The van der Waals surface area contributed by atoms with Crippen LogP contribution in [0.15, 0.2) is 39.3 Å². The molecule has 0 spiro atoms. The molecule has 3 rings (SSSR count). The first-order valence-corrected chi connectivity index (χ1v) is 5.66. The number of hydrogen-bond acceptors (Lipinski definition) is 4. The minimum absolute atomic E-state index is 0.0262. The molecule has 21 heavy (non-hydrogen) atoms. The molecule has 0 atom stereocenters. The summed E-state index contributed by atoms with van der Waals surface area (Å²) in [6.07, 6.45) is -4.55. The zero-order valence-electron chi connectivity index (χ0n) is 10.1. The van der Waals surface area contributed by atoms with Crippen molar-refractivity contribution in [3.8, 4) is 11.5 Å². The monoisotopic (exact) mass is 297 g/mol. The van der Waals surface area contributed by atoms with E-state index in [2.05, 4.69) is 5.16 Å². The van der Waals surface area contributed by atoms with Crippen LogP contribution >= 0.6 is 0 Å². The summed E-state index contributed by atoms with van der Waals surface area (Å²) in [4.78, 5) is 10.7. The van der Waals surface area contributed by atoms with Crippen LogP contribution in [0.4, 0.5) is 13.2 Å². The lowest BCUT2D eigenvalue weighted by Gasteiger charge is -2.05. The van der Waals surface area contributed by atoms with E-state index in [-0.39, 0.29) is 28.2 Å². The second-order valence-corrected chi connectivity index (χ2v) is 4.21. The summed E-state index contributed by atoms with van der Waals surface area (Å²) in [7, 11) is 0. The van der Waals surface area contributed by atoms with Gasteiger partial charge in [-0.3, -0.25) is 0 Å². The van der Waals surface area contributed by atoms with Gasteiger partial charge >= 0.3 is 12.1 Å². The van der Waals surface area contributed by atoms with E-state index in [0.717, 1.165) is 12.1 Å². The molecule has 0 amide bonds. The predicted molar refractivity (Wildman–Crippen MR) is 63.7 cm³/mol. The molecule has 0 radical (unpaired) electrons. The van der Waals surface area contributed by atoms with Gasteiger partial charge in [0, 0.05) is 11.5 Å². The van der Waals surface area contributed by atoms with E-state index in [4.69, 9.17) is 14.0 Å². The molecule has 0 saturated carbocycles. The Bertz CT molecular complexity index is 831. The lowest BCUT2D eigenvalue weighted by molar-refractivity contribution is -0.136. The number of carboxylic acid groups (broad SMARTS) is 1. The van der Waals surface area contributed by atoms with Crippen molar-refractivity contribution in [2.24, 2.45) is 0 Å². The number of aromatic nitrogens is 1. The average Bonchev–Trinajstić information content (AvgIpc) is 3.03. The Morgan fingerprint density at radius 2 is 1.95 bits per heavy atom. The third-order valence-corrected chi connectivity index (χ3v) is 2.82. The molecule has 3 aromatic rings. The Balaban J connectivity index is 2.15. The summed E-state index contributed by atoms with van der Waals surface area (Å²) in [6.45, 7) is 0. The number of carbonyl (C=O) groups is 1. The molecule has 0 fully saturated rings. The van der Waals surface area contributed by atoms with Gasteiger partial charge < -0.3 is 14.0 Å². The smallest absolute Gasteiger partial charge is 0.420 e. The van der Waals surface area contributed by atoms with E-state index in [1.807, 2.05) is 0 Å². The van der Waals surface area contributed by atoms with E-state index in [1.165, 1.54) is 18.2 Å². The number of nitrogens with zero attached hydrogens (tertiary/aromatic N) is 1. The maximum absolute atomic E-state index is 12.9. The van der Waals surface area contributed by atoms with Crippen molar-refractivity contribution < 1.29 is 32.0 Å². The van der Waals surface area contributed by atoms with Gasteiger partial charge in [-0.25, -0.2) is 4.79 Å². The van der Waals surface area contributed by atoms with Crippen LogP contribution in [-0.4, -0.2) is 16.2 Å². The lowest BCUT2D eigenvalue weighted by Crippen LogP contribution is -2.04. The molecular formula is C13H6F3NO4. The molecule has 0 bridgehead atoms. The molecule has 5 nitrogen and oxygen atoms in total. The Morgan fingerprint density at radius 3 is 2.57 bits per heavy atom. The highest BCUT2D eigenvalue weighted by Crippen LogP contribution is 2.38. The summed E-state index contributed by atoms with van der Waals surface area (Å²) < 4.78 is 48.5. The number of furan rings is 1. The molecule has 0 saturated heterocycles. The molecule has 0 aliphatic carbocycles. The predicted octanol–water partition coefficient (Wildman–Crippen LogP) is 3.80. The highest BCUT2D eigenvalue weighted by atomic mass is 19.4. The summed E-state index contributed by atoms with van der Waals surface area (Å²) in [5.41, 5.74) is -1.61. The molecule has 0 aliphatic rings. The van der Waals surface area contributed by atoms with Crippen molar-refractivity contribution in [2.75, 3.05) is 0 Å². The van der Waals surface area contributed by atoms with E-state index < -0.39 is 17.7 Å². The SMILES string of the molecule is O=C(O)c1cc(-c2cc3cccc(C(F)(F)F)c3o2)on1. The van der Waals surface area contributed by atoms with Crippen molar-refractivity contribution in [1.82, 2.24) is 5.16 Å². The topological polar surface area (TPSA) is 76.5 Å². The van der Waals surface area contributed by atoms with Crippen LogP contribution in [0.25, 0.3) is 22.5 Å². The molecule has 1 N–H and O–H groups in total. The number of aromatic carboxylic acids is 1. The standard InChI is InChI=1S/C13H6F3NO4/c14-13(15,16)7-3-1-2-6-4-9(20-11(6)7)10-5-8(12(18)19)17-21-10/h1-5H,(H,18,19). The number of halogens is 3. The zero-order valence-corrected chi connectivity index (χ0v) is 10.1. The first kappa shape index (κ1) is 13.2. The van der Waals surface area contributed by atoms with Gasteiger partial charge in [0.25, 0.3) is 0 Å². The van der Waals surface area contributed by atoms with Gasteiger partial charge in [-0.1, -0.05) is 17.3 Å². The van der Waals surface area contributed by atoms with Gasteiger partial charge in [0.2, 0.25) is 5.76 Å². The summed E-state index contributed by atoms with van der Waals surface area (Å²) in [5.74, 6) is -1.39. The number of fused-ring (bicyclic) bond motifs is 1. The summed E-state index contributed by atoms with van der Waals surface area (Å²) in [5, 5.41) is 12.2. The van der Waals surface area contributed by atoms with Crippen molar-refractivity contribution in [3.63, 3.8) is 0 Å². The van der Waals surface area contributed by atoms with Gasteiger partial charge in [-0.15, -0.1) is 0 Å². The van der Waals surface area contributed by atoms with Gasteiger partial charge in [0.1, 0.15) is 5.58 Å². The highest BCUT2D eigenvalue weighted by Gasteiger charge is 2.34. The fraction of sp³-hybridized carbons (Fsp3) is 0.0769. The van der Waals surface area contributed by atoms with Crippen LogP contribution in [0.2, 0.25) is 0 Å². The molecule has 108 valence electrons. The number of carboxylic acids is 1. The van der Waals surface area contributed by atoms with E-state index >= 15 is 0 Å². The van der Waals surface area contributed by atoms with Gasteiger partial charge in [-0.05, 0) is 12.1 Å². The maximum atomic E-state index is 12.9. The normalized spacial score (nSPS) is 12.0. The van der Waals surface area contributed by atoms with E-state index in [9.17, 15) is 18.0 Å². The first-order chi connectivity index (χ1) is 9.86. The largest absolute Gasteiger partial charge is 0.476 e. The molecule has 1 aromatic carbocycles. The first-order valence-electron chi connectivity index (χ1n) is 5.66. The van der Waals surface area contributed by atoms with Crippen molar-refractivity contribution in [3.05, 3.63) is 41.6 Å². The number of para-hydroxylation sites is 1. The highest BCUT2D eigenvalue weighted by molar-refractivity contribution is 5.88. The lowest BCUT2D eigenvalue weighted by atomic mass is 10.1. The summed E-state index contributed by atoms with van der Waals surface area (Å²) in [6, 6.07) is 6.02. The Labute approximate surface area is 114 Å². The Kier molecular flexibility index (Phi) is 2.75. The van der Waals surface area contributed by atoms with Gasteiger partial charge in [-0.2, -0.15) is 13.2 Å². The minimum Gasteiger partial charge on any atom is -0.476 e. The van der Waals surface area contributed by atoms with Crippen LogP contribution in [0.1, 0.15) is 16.1 Å². The third-order valence-electron chi connectivity index (χ3n) is 2.82. The second-order valence-electron chi connectivity index (χ2n) is 4.21. The van der Waals surface area contributed by atoms with Crippen LogP contribution < -0.4 is 0 Å². The Morgan fingerprint density at radius 1 is 1.19 bits per heavy atom. The van der Waals surface area contributed by atoms with Crippen molar-refractivity contribution in [1.29, 1.82) is 0 Å². The molecular weight excluding hydrogens is 291 g/mol. The van der Waals surface area contributed by atoms with Crippen molar-refractivity contribution >= 4 is 16.9 Å². The minimum atomic E-state index is -4.55. The quantitative estimate of drug-likeness (QED) is 0.778.